The van der Waals surface area contributed by atoms with Crippen molar-refractivity contribution in [1.82, 2.24) is 4.90 Å². The SMILES string of the molecule is CC(=O)N1CCC2(CC1)CN(C)c1ccccc12. The van der Waals surface area contributed by atoms with Crippen LogP contribution in [0.4, 0.5) is 5.69 Å². The number of carbonyl (C=O) groups is 1. The van der Waals surface area contributed by atoms with Crippen LogP contribution >= 0.6 is 0 Å². The molecule has 2 heterocycles. The van der Waals surface area contributed by atoms with Gasteiger partial charge in [-0.3, -0.25) is 4.79 Å². The molecule has 0 unspecified atom stereocenters. The van der Waals surface area contributed by atoms with Crippen LogP contribution < -0.4 is 4.90 Å². The van der Waals surface area contributed by atoms with Gasteiger partial charge in [-0.2, -0.15) is 0 Å². The summed E-state index contributed by atoms with van der Waals surface area (Å²) in [5, 5.41) is 0. The Labute approximate surface area is 108 Å². The number of para-hydroxylation sites is 1. The maximum absolute atomic E-state index is 11.4. The van der Waals surface area contributed by atoms with Crippen LogP contribution in [0.5, 0.6) is 0 Å². The molecule has 0 aliphatic carbocycles. The summed E-state index contributed by atoms with van der Waals surface area (Å²) in [5.41, 5.74) is 3.13. The second-order valence-electron chi connectivity index (χ2n) is 5.66. The van der Waals surface area contributed by atoms with Gasteiger partial charge in [-0.25, -0.2) is 0 Å². The van der Waals surface area contributed by atoms with E-state index >= 15 is 0 Å². The predicted octanol–water partition coefficient (Wildman–Crippen LogP) is 2.02. The van der Waals surface area contributed by atoms with Gasteiger partial charge in [-0.05, 0) is 24.5 Å². The second kappa shape index (κ2) is 4.01. The molecular formula is C15H20N2O. The van der Waals surface area contributed by atoms with Crippen molar-refractivity contribution < 1.29 is 4.79 Å². The molecule has 1 saturated heterocycles. The Bertz CT molecular complexity index is 475. The zero-order valence-corrected chi connectivity index (χ0v) is 11.1. The first kappa shape index (κ1) is 11.6. The number of benzene rings is 1. The molecule has 96 valence electrons. The topological polar surface area (TPSA) is 23.6 Å². The normalized spacial score (nSPS) is 21.2. The lowest BCUT2D eigenvalue weighted by atomic mass is 9.74. The van der Waals surface area contributed by atoms with E-state index in [4.69, 9.17) is 0 Å². The van der Waals surface area contributed by atoms with E-state index in [1.807, 2.05) is 4.90 Å². The van der Waals surface area contributed by atoms with Crippen LogP contribution in [-0.4, -0.2) is 37.5 Å². The third-order valence-corrected chi connectivity index (χ3v) is 4.59. The number of carbonyl (C=O) groups excluding carboxylic acids is 1. The highest BCUT2D eigenvalue weighted by Gasteiger charge is 2.43. The molecule has 3 heteroatoms. The van der Waals surface area contributed by atoms with Crippen molar-refractivity contribution in [2.24, 2.45) is 0 Å². The zero-order chi connectivity index (χ0) is 12.8. The minimum absolute atomic E-state index is 0.212. The van der Waals surface area contributed by atoms with Crippen molar-refractivity contribution in [2.45, 2.75) is 25.2 Å². The summed E-state index contributed by atoms with van der Waals surface area (Å²) in [6.45, 7) is 4.57. The highest BCUT2D eigenvalue weighted by molar-refractivity contribution is 5.73. The number of hydrogen-bond acceptors (Lipinski definition) is 2. The molecule has 1 amide bonds. The predicted molar refractivity (Wildman–Crippen MR) is 72.9 cm³/mol. The van der Waals surface area contributed by atoms with Crippen molar-refractivity contribution in [2.75, 3.05) is 31.6 Å². The fourth-order valence-corrected chi connectivity index (χ4v) is 3.56. The first-order valence-electron chi connectivity index (χ1n) is 6.69. The van der Waals surface area contributed by atoms with E-state index in [0.29, 0.717) is 0 Å². The molecule has 0 N–H and O–H groups in total. The Balaban J connectivity index is 1.89. The van der Waals surface area contributed by atoms with Crippen LogP contribution in [0.25, 0.3) is 0 Å². The molecule has 0 atom stereocenters. The van der Waals surface area contributed by atoms with E-state index in [0.717, 1.165) is 32.5 Å². The number of piperidine rings is 1. The molecule has 1 aromatic carbocycles. The molecule has 3 nitrogen and oxygen atoms in total. The number of fused-ring (bicyclic) bond motifs is 2. The van der Waals surface area contributed by atoms with Gasteiger partial charge in [0.15, 0.2) is 0 Å². The first-order chi connectivity index (χ1) is 8.62. The third kappa shape index (κ3) is 1.61. The van der Waals surface area contributed by atoms with Gasteiger partial charge in [-0.1, -0.05) is 18.2 Å². The number of rotatable bonds is 0. The van der Waals surface area contributed by atoms with Crippen molar-refractivity contribution in [3.05, 3.63) is 29.8 Å². The van der Waals surface area contributed by atoms with Crippen LogP contribution in [0.15, 0.2) is 24.3 Å². The Morgan fingerprint density at radius 3 is 2.56 bits per heavy atom. The Morgan fingerprint density at radius 1 is 1.22 bits per heavy atom. The molecule has 0 aromatic heterocycles. The fourth-order valence-electron chi connectivity index (χ4n) is 3.56. The number of hydrogen-bond donors (Lipinski definition) is 0. The maximum atomic E-state index is 11.4. The van der Waals surface area contributed by atoms with Gasteiger partial charge in [0.25, 0.3) is 0 Å². The molecule has 2 aliphatic rings. The highest BCUT2D eigenvalue weighted by Crippen LogP contribution is 2.46. The van der Waals surface area contributed by atoms with E-state index in [2.05, 4.69) is 36.2 Å². The van der Waals surface area contributed by atoms with Crippen LogP contribution in [0.1, 0.15) is 25.3 Å². The highest BCUT2D eigenvalue weighted by atomic mass is 16.2. The molecule has 3 rings (SSSR count). The average molecular weight is 244 g/mol. The second-order valence-corrected chi connectivity index (χ2v) is 5.66. The largest absolute Gasteiger partial charge is 0.373 e. The zero-order valence-electron chi connectivity index (χ0n) is 11.1. The number of anilines is 1. The molecule has 18 heavy (non-hydrogen) atoms. The summed E-state index contributed by atoms with van der Waals surface area (Å²) in [6.07, 6.45) is 2.18. The van der Waals surface area contributed by atoms with Crippen LogP contribution in [0.3, 0.4) is 0 Å². The van der Waals surface area contributed by atoms with Gasteiger partial charge < -0.3 is 9.80 Å². The molecule has 0 saturated carbocycles. The van der Waals surface area contributed by atoms with Crippen LogP contribution in [0, 0.1) is 0 Å². The minimum atomic E-state index is 0.212. The molecule has 0 radical (unpaired) electrons. The molecule has 2 aliphatic heterocycles. The lowest BCUT2D eigenvalue weighted by Crippen LogP contribution is -2.46. The lowest BCUT2D eigenvalue weighted by molar-refractivity contribution is -0.130. The standard InChI is InChI=1S/C15H20N2O/c1-12(18)17-9-7-15(8-10-17)11-16(2)14-6-4-3-5-13(14)15/h3-6H,7-11H2,1-2H3. The van der Waals surface area contributed by atoms with Crippen LogP contribution in [-0.2, 0) is 10.2 Å². The summed E-state index contributed by atoms with van der Waals surface area (Å²) >= 11 is 0. The number of likely N-dealkylation sites (tertiary alicyclic amines) is 1. The molecular weight excluding hydrogens is 224 g/mol. The van der Waals surface area contributed by atoms with E-state index in [1.165, 1.54) is 11.3 Å². The van der Waals surface area contributed by atoms with Crippen molar-refractivity contribution in [1.29, 1.82) is 0 Å². The van der Waals surface area contributed by atoms with Gasteiger partial charge in [0.05, 0.1) is 0 Å². The van der Waals surface area contributed by atoms with E-state index in [1.54, 1.807) is 6.92 Å². The van der Waals surface area contributed by atoms with Gasteiger partial charge in [-0.15, -0.1) is 0 Å². The average Bonchev–Trinajstić information content (AvgIpc) is 2.64. The number of likely N-dealkylation sites (N-methyl/N-ethyl adjacent to an activating group) is 1. The number of nitrogens with zero attached hydrogens (tertiary/aromatic N) is 2. The lowest BCUT2D eigenvalue weighted by Gasteiger charge is -2.39. The third-order valence-electron chi connectivity index (χ3n) is 4.59. The van der Waals surface area contributed by atoms with Gasteiger partial charge >= 0.3 is 0 Å². The van der Waals surface area contributed by atoms with E-state index < -0.39 is 0 Å². The Morgan fingerprint density at radius 2 is 1.89 bits per heavy atom. The summed E-state index contributed by atoms with van der Waals surface area (Å²) in [5.74, 6) is 0.212. The smallest absolute Gasteiger partial charge is 0.219 e. The molecule has 1 aromatic rings. The van der Waals surface area contributed by atoms with Gasteiger partial charge in [0, 0.05) is 44.7 Å². The first-order valence-corrected chi connectivity index (χ1v) is 6.69. The summed E-state index contributed by atoms with van der Waals surface area (Å²) in [7, 11) is 2.17. The van der Waals surface area contributed by atoms with Gasteiger partial charge in [0.1, 0.15) is 0 Å². The molecule has 1 fully saturated rings. The Hall–Kier alpha value is -1.51. The van der Waals surface area contributed by atoms with E-state index in [9.17, 15) is 4.79 Å². The summed E-state index contributed by atoms with van der Waals surface area (Å²) in [6, 6.07) is 8.72. The minimum Gasteiger partial charge on any atom is -0.373 e. The van der Waals surface area contributed by atoms with Crippen molar-refractivity contribution in [3.63, 3.8) is 0 Å². The van der Waals surface area contributed by atoms with Crippen molar-refractivity contribution >= 4 is 11.6 Å². The van der Waals surface area contributed by atoms with Crippen LogP contribution in [0.2, 0.25) is 0 Å². The van der Waals surface area contributed by atoms with Crippen molar-refractivity contribution in [3.8, 4) is 0 Å². The Kier molecular flexibility index (Phi) is 2.58. The number of amides is 1. The summed E-state index contributed by atoms with van der Waals surface area (Å²) in [4.78, 5) is 15.8. The molecule has 1 spiro atoms. The monoisotopic (exact) mass is 244 g/mol. The molecule has 0 bridgehead atoms. The maximum Gasteiger partial charge on any atom is 0.219 e. The van der Waals surface area contributed by atoms with Gasteiger partial charge in [0.2, 0.25) is 5.91 Å². The van der Waals surface area contributed by atoms with E-state index in [-0.39, 0.29) is 11.3 Å². The summed E-state index contributed by atoms with van der Waals surface area (Å²) < 4.78 is 0. The fraction of sp³-hybridized carbons (Fsp3) is 0.533. The quantitative estimate of drug-likeness (QED) is 0.697.